The number of ketones is 4. The van der Waals surface area contributed by atoms with Crippen molar-refractivity contribution in [3.8, 4) is 69.5 Å². The zero-order valence-corrected chi connectivity index (χ0v) is 74.3. The van der Waals surface area contributed by atoms with Gasteiger partial charge in [-0.1, -0.05) is 179 Å². The van der Waals surface area contributed by atoms with Crippen molar-refractivity contribution in [1.82, 2.24) is 19.9 Å². The molecule has 0 atom stereocenters. The molecule has 0 saturated heterocycles. The fraction of sp³-hybridized carbons (Fsp3) is 0.320. The average molecular weight is 1880 g/mol. The van der Waals surface area contributed by atoms with Gasteiger partial charge in [0.2, 0.25) is 46.2 Å². The molecule has 0 fully saturated rings. The number of ether oxygens (including phenoxy) is 8. The van der Waals surface area contributed by atoms with Crippen LogP contribution in [0.15, 0.2) is 144 Å². The summed E-state index contributed by atoms with van der Waals surface area (Å²) in [6.45, 7) is 15.9. The molecule has 628 valence electrons. The van der Waals surface area contributed by atoms with E-state index in [0.717, 1.165) is 94.0 Å². The largest absolute Gasteiger partial charge is 0.449 e. The van der Waals surface area contributed by atoms with Crippen LogP contribution in [-0.4, -0.2) is 66.7 Å². The van der Waals surface area contributed by atoms with Crippen LogP contribution in [0.4, 0.5) is 11.4 Å². The Balaban J connectivity index is 0.965. The third-order valence-corrected chi connectivity index (χ3v) is 26.6. The standard InChI is InChI=1S/C100H88I2N6O16/c1-9-13-17-21-29-55-63-41-67-57(31-23-19-15-11-3)69-43-65-56(30-22-18-14-10-2)66-44-70-58(32-24-20-16-12-4)68-42-64(55)72-46-76(68)122-94-96(106-82-80(104-94)98(114)108(100(82)116)84-51(7)39-54(102)40-52(84)8)124-78(70)48-74(66)120-92-88(112)62-36-28-27-35-61(62)87(111)91(92)119-73(65)47-77(69)123-95-93(103-79-81(105-95)99(115)107(97(79)113)83-49(5)37-53(101)38-50(83)6)121-75(67)45-71(63)117-89-85(109)59-33-25-26-34-60(59)86(110)90(89)118-72/h25-28,33-48,55-58H,9-24,29-32H2,1-8H3. The number of unbranched alkanes of at least 4 members (excludes halogenated alkanes) is 12. The Kier molecular flexibility index (Phi) is 21.8. The zero-order valence-electron chi connectivity index (χ0n) is 70.0. The van der Waals surface area contributed by atoms with Gasteiger partial charge in [0.1, 0.15) is 46.0 Å². The van der Waals surface area contributed by atoms with Gasteiger partial charge in [-0.3, -0.25) is 38.4 Å². The van der Waals surface area contributed by atoms with Crippen LogP contribution in [0.5, 0.6) is 69.5 Å². The van der Waals surface area contributed by atoms with Crippen molar-refractivity contribution in [2.24, 2.45) is 0 Å². The Bertz CT molecular complexity index is 5700. The summed E-state index contributed by atoms with van der Waals surface area (Å²) in [6.07, 6.45) is 14.6. The zero-order chi connectivity index (χ0) is 85.9. The second kappa shape index (κ2) is 33.0. The van der Waals surface area contributed by atoms with Crippen molar-refractivity contribution in [1.29, 1.82) is 0 Å². The van der Waals surface area contributed by atoms with Crippen LogP contribution >= 0.6 is 45.2 Å². The van der Waals surface area contributed by atoms with Gasteiger partial charge in [-0.05, 0) is 169 Å². The van der Waals surface area contributed by atoms with Gasteiger partial charge in [-0.25, -0.2) is 29.7 Å². The third-order valence-electron chi connectivity index (χ3n) is 25.4. The number of aryl methyl sites for hydroxylation is 4. The molecule has 2 aromatic heterocycles. The molecule has 124 heavy (non-hydrogen) atoms. The first kappa shape index (κ1) is 81.9. The van der Waals surface area contributed by atoms with Crippen molar-refractivity contribution < 1.29 is 76.3 Å². The highest BCUT2D eigenvalue weighted by Gasteiger charge is 2.49. The number of nitrogens with zero attached hydrogens (tertiary/aromatic N) is 6. The number of aromatic nitrogens is 4. The lowest BCUT2D eigenvalue weighted by Gasteiger charge is -2.30. The van der Waals surface area contributed by atoms with Gasteiger partial charge >= 0.3 is 0 Å². The molecule has 0 N–H and O–H groups in total. The molecule has 0 saturated carbocycles. The topological polar surface area (TPSA) is 268 Å². The summed E-state index contributed by atoms with van der Waals surface area (Å²) >= 11 is 4.40. The number of amides is 4. The molecule has 24 heteroatoms. The summed E-state index contributed by atoms with van der Waals surface area (Å²) in [4.78, 5) is 148. The van der Waals surface area contributed by atoms with Crippen LogP contribution in [0.2, 0.25) is 0 Å². The second-order valence-corrected chi connectivity index (χ2v) is 36.1. The van der Waals surface area contributed by atoms with E-state index in [1.165, 1.54) is 0 Å². The van der Waals surface area contributed by atoms with Crippen LogP contribution in [0, 0.1) is 34.8 Å². The van der Waals surface area contributed by atoms with Gasteiger partial charge in [-0.15, -0.1) is 0 Å². The van der Waals surface area contributed by atoms with E-state index in [1.54, 1.807) is 72.8 Å². The molecule has 22 nitrogen and oxygen atoms in total. The molecule has 19 rings (SSSR count). The Labute approximate surface area is 744 Å². The van der Waals surface area contributed by atoms with E-state index >= 15 is 38.4 Å². The molecule has 8 aromatic carbocycles. The molecule has 0 radical (unpaired) electrons. The molecule has 9 aliphatic rings. The van der Waals surface area contributed by atoms with E-state index in [0.29, 0.717) is 130 Å². The number of rotatable bonds is 22. The van der Waals surface area contributed by atoms with Gasteiger partial charge < -0.3 is 37.9 Å². The lowest BCUT2D eigenvalue weighted by atomic mass is 9.76. The smallest absolute Gasteiger partial charge is 0.286 e. The molecular weight excluding hydrogens is 1790 g/mol. The third kappa shape index (κ3) is 14.0. The van der Waals surface area contributed by atoms with Crippen molar-refractivity contribution in [2.45, 2.75) is 207 Å². The first-order chi connectivity index (χ1) is 60.1. The maximum absolute atomic E-state index is 16.0. The fourth-order valence-electron chi connectivity index (χ4n) is 19.4. The fourth-order valence-corrected chi connectivity index (χ4v) is 21.2. The molecular formula is C100H88I2N6O16. The van der Waals surface area contributed by atoms with Crippen LogP contribution in [0.25, 0.3) is 0 Å². The quantitative estimate of drug-likeness (QED) is 0.0346. The normalized spacial score (nSPS) is 17.7. The van der Waals surface area contributed by atoms with Crippen LogP contribution in [-0.2, 0) is 0 Å². The molecule has 8 bridgehead atoms. The number of anilines is 2. The number of carbonyl (C=O) groups excluding carboxylic acids is 8. The number of allylic oxidation sites excluding steroid dienone is 4. The highest BCUT2D eigenvalue weighted by atomic mass is 127. The van der Waals surface area contributed by atoms with Crippen molar-refractivity contribution in [3.05, 3.63) is 263 Å². The average Bonchev–Trinajstić information content (AvgIpc) is 1.55. The number of hydrogen-bond donors (Lipinski definition) is 0. The van der Waals surface area contributed by atoms with Gasteiger partial charge in [0.25, 0.3) is 47.1 Å². The van der Waals surface area contributed by atoms with Gasteiger partial charge in [-0.2, -0.15) is 0 Å². The van der Waals surface area contributed by atoms with Crippen LogP contribution in [0.1, 0.15) is 330 Å². The summed E-state index contributed by atoms with van der Waals surface area (Å²) in [7, 11) is 0. The monoisotopic (exact) mass is 1880 g/mol. The lowest BCUT2D eigenvalue weighted by Crippen LogP contribution is -2.31. The minimum absolute atomic E-state index is 0.0653. The number of fused-ring (bicyclic) bond motifs is 6. The predicted octanol–water partition coefficient (Wildman–Crippen LogP) is 24.0. The number of Topliss-reactive ketones (excluding diaryl/α,β-unsaturated/α-hetero) is 4. The minimum atomic E-state index is -0.762. The van der Waals surface area contributed by atoms with E-state index in [1.807, 2.05) is 52.0 Å². The number of halogens is 2. The summed E-state index contributed by atoms with van der Waals surface area (Å²) in [5.74, 6) is -10.8. The van der Waals surface area contributed by atoms with E-state index < -0.39 is 93.5 Å². The van der Waals surface area contributed by atoms with E-state index in [9.17, 15) is 0 Å². The maximum atomic E-state index is 16.0. The SMILES string of the molecule is CCCCCCC1c2cc3c4cc2OC2=C(Oc5cc6c(cc51)C(CCCCCC)c1cc5c(cc1Oc1nc7c(nc1O6)C(=O)N(c1c(C)cc(I)cc1C)C7=O)OC1=C(Oc6cc(c(cc6C5CCCCCC)C3CCCCCC)Oc3nc5c(nc3O4)C(=O)N(c3c(C)cc(I)cc3C)C5=O)C(=O)c3ccccc3C1=O)C(=O)c1ccccc1C2=O. The molecule has 0 spiro atoms. The van der Waals surface area contributed by atoms with E-state index in [-0.39, 0.29) is 115 Å². The number of imide groups is 2. The Hall–Kier alpha value is -11.8. The molecule has 10 aromatic rings. The molecule has 4 amide bonds. The minimum Gasteiger partial charge on any atom is -0.449 e. The Morgan fingerprint density at radius 3 is 0.702 bits per heavy atom. The van der Waals surface area contributed by atoms with Gasteiger partial charge in [0.15, 0.2) is 22.8 Å². The number of carbonyl (C=O) groups is 8. The highest BCUT2D eigenvalue weighted by Crippen LogP contribution is 2.59. The summed E-state index contributed by atoms with van der Waals surface area (Å²) in [5.41, 5.74) is 6.93. The molecule has 3 aliphatic carbocycles. The summed E-state index contributed by atoms with van der Waals surface area (Å²) < 4.78 is 61.0. The van der Waals surface area contributed by atoms with Crippen LogP contribution < -0.4 is 47.7 Å². The number of benzene rings is 8. The summed E-state index contributed by atoms with van der Waals surface area (Å²) in [6, 6.07) is 35.6. The van der Waals surface area contributed by atoms with Crippen molar-refractivity contribution in [3.63, 3.8) is 0 Å². The highest BCUT2D eigenvalue weighted by molar-refractivity contribution is 14.1. The molecule has 8 heterocycles. The molecule has 6 aliphatic heterocycles. The predicted molar refractivity (Wildman–Crippen MR) is 479 cm³/mol. The lowest BCUT2D eigenvalue weighted by molar-refractivity contribution is 0.0897. The second-order valence-electron chi connectivity index (χ2n) is 33.6. The van der Waals surface area contributed by atoms with Crippen molar-refractivity contribution in [2.75, 3.05) is 9.80 Å². The Morgan fingerprint density at radius 1 is 0.282 bits per heavy atom. The van der Waals surface area contributed by atoms with Gasteiger partial charge in [0.05, 0.1) is 11.4 Å². The van der Waals surface area contributed by atoms with E-state index in [4.69, 9.17) is 57.8 Å². The first-order valence-corrected chi connectivity index (χ1v) is 45.4. The van der Waals surface area contributed by atoms with E-state index in [2.05, 4.69) is 97.1 Å². The van der Waals surface area contributed by atoms with Gasteiger partial charge in [0, 0.05) is 122 Å². The van der Waals surface area contributed by atoms with Crippen molar-refractivity contribution >= 4 is 103 Å². The maximum Gasteiger partial charge on any atom is 0.286 e. The summed E-state index contributed by atoms with van der Waals surface area (Å²) in [5, 5.41) is 0. The van der Waals surface area contributed by atoms with Crippen LogP contribution in [0.3, 0.4) is 0 Å². The first-order valence-electron chi connectivity index (χ1n) is 43.3. The Morgan fingerprint density at radius 2 is 0.492 bits per heavy atom. The molecule has 0 unspecified atom stereocenters. The number of hydrogen-bond acceptors (Lipinski definition) is 20.